The van der Waals surface area contributed by atoms with Crippen molar-refractivity contribution in [3.63, 3.8) is 0 Å². The Kier molecular flexibility index (Phi) is 6.72. The Bertz CT molecular complexity index is 1390. The number of nitrogens with zero attached hydrogens (tertiary/aromatic N) is 3. The molecule has 0 aliphatic carbocycles. The number of benzene rings is 2. The predicted molar refractivity (Wildman–Crippen MR) is 130 cm³/mol. The van der Waals surface area contributed by atoms with Crippen LogP contribution in [-0.2, 0) is 13.1 Å². The van der Waals surface area contributed by atoms with Gasteiger partial charge in [-0.15, -0.1) is 0 Å². The van der Waals surface area contributed by atoms with E-state index < -0.39 is 11.2 Å². The number of nitrogens with one attached hydrogen (secondary N) is 1. The number of hydrogen-bond acceptors (Lipinski definition) is 6. The molecule has 9 heteroatoms. The number of unbranched alkanes of at least 4 members (excludes halogenated alkanes) is 1. The van der Waals surface area contributed by atoms with Crippen LogP contribution in [0, 0.1) is 0 Å². The van der Waals surface area contributed by atoms with Crippen LogP contribution in [0.15, 0.2) is 52.1 Å². The first kappa shape index (κ1) is 23.2. The summed E-state index contributed by atoms with van der Waals surface area (Å²) in [4.78, 5) is 33.1. The summed E-state index contributed by atoms with van der Waals surface area (Å²) in [5.74, 6) is 1.95. The maximum atomic E-state index is 13.0. The lowest BCUT2D eigenvalue weighted by molar-refractivity contribution is 0.324. The molecule has 0 amide bonds. The van der Waals surface area contributed by atoms with Gasteiger partial charge in [-0.2, -0.15) is 0 Å². The number of aromatic amines is 1. The quantitative estimate of drug-likeness (QED) is 0.407. The van der Waals surface area contributed by atoms with E-state index in [1.54, 1.807) is 33.5 Å². The molecule has 0 saturated heterocycles. The molecule has 0 saturated carbocycles. The first-order valence-electron chi connectivity index (χ1n) is 11.1. The molecule has 9 nitrogen and oxygen atoms in total. The van der Waals surface area contributed by atoms with Gasteiger partial charge in [0.25, 0.3) is 5.56 Å². The van der Waals surface area contributed by atoms with Gasteiger partial charge in [0, 0.05) is 12.1 Å². The summed E-state index contributed by atoms with van der Waals surface area (Å²) >= 11 is 0. The van der Waals surface area contributed by atoms with Crippen molar-refractivity contribution in [1.82, 2.24) is 19.1 Å². The summed E-state index contributed by atoms with van der Waals surface area (Å²) in [6, 6.07) is 13.2. The van der Waals surface area contributed by atoms with E-state index in [9.17, 15) is 9.59 Å². The number of aryl methyl sites for hydroxylation is 1. The average Bonchev–Trinajstić information content (AvgIpc) is 3.24. The number of H-pyrrole nitrogens is 1. The minimum absolute atomic E-state index is 0.284. The van der Waals surface area contributed by atoms with Crippen molar-refractivity contribution in [2.75, 3.05) is 21.3 Å². The maximum absolute atomic E-state index is 13.0. The Morgan fingerprint density at radius 1 is 0.941 bits per heavy atom. The lowest BCUT2D eigenvalue weighted by atomic mass is 10.1. The van der Waals surface area contributed by atoms with Crippen LogP contribution in [0.25, 0.3) is 22.6 Å². The summed E-state index contributed by atoms with van der Waals surface area (Å²) in [5, 5.41) is 0. The first-order chi connectivity index (χ1) is 16.5. The van der Waals surface area contributed by atoms with E-state index in [1.165, 1.54) is 4.57 Å². The molecule has 178 valence electrons. The summed E-state index contributed by atoms with van der Waals surface area (Å²) in [6.45, 7) is 2.92. The molecule has 34 heavy (non-hydrogen) atoms. The molecule has 2 aromatic heterocycles. The van der Waals surface area contributed by atoms with E-state index in [1.807, 2.05) is 34.9 Å². The number of hydrogen-bond donors (Lipinski definition) is 1. The molecule has 1 N–H and O–H groups in total. The van der Waals surface area contributed by atoms with Crippen LogP contribution in [0.3, 0.4) is 0 Å². The third-order valence-corrected chi connectivity index (χ3v) is 5.73. The minimum atomic E-state index is -0.502. The molecule has 0 fully saturated rings. The second-order valence-corrected chi connectivity index (χ2v) is 7.86. The van der Waals surface area contributed by atoms with Crippen molar-refractivity contribution in [3.05, 3.63) is 68.9 Å². The Morgan fingerprint density at radius 2 is 1.62 bits per heavy atom. The van der Waals surface area contributed by atoms with Crippen LogP contribution < -0.4 is 25.5 Å². The van der Waals surface area contributed by atoms with E-state index in [-0.39, 0.29) is 6.54 Å². The van der Waals surface area contributed by atoms with Crippen molar-refractivity contribution >= 4 is 11.2 Å². The van der Waals surface area contributed by atoms with Crippen molar-refractivity contribution < 1.29 is 14.2 Å². The highest BCUT2D eigenvalue weighted by Crippen LogP contribution is 2.41. The van der Waals surface area contributed by atoms with Gasteiger partial charge in [-0.05, 0) is 24.1 Å². The lowest BCUT2D eigenvalue weighted by Crippen LogP contribution is -2.31. The van der Waals surface area contributed by atoms with E-state index in [0.717, 1.165) is 18.4 Å². The minimum Gasteiger partial charge on any atom is -0.493 e. The van der Waals surface area contributed by atoms with E-state index in [4.69, 9.17) is 19.2 Å². The number of fused-ring (bicyclic) bond motifs is 1. The predicted octanol–water partition coefficient (Wildman–Crippen LogP) is 3.43. The molecule has 0 aliphatic heterocycles. The molecule has 4 aromatic rings. The largest absolute Gasteiger partial charge is 0.493 e. The number of rotatable bonds is 9. The zero-order valence-corrected chi connectivity index (χ0v) is 19.8. The number of aromatic nitrogens is 4. The van der Waals surface area contributed by atoms with Gasteiger partial charge < -0.3 is 18.8 Å². The number of imidazole rings is 1. The number of methoxy groups -OCH3 is 3. The SMILES string of the molecule is CCCCn1c(-c2cc(OC)c(OC)c(OC)c2)nc2c1c(=O)[nH]c(=O)n2Cc1ccccc1. The Morgan fingerprint density at radius 3 is 2.21 bits per heavy atom. The van der Waals surface area contributed by atoms with E-state index in [2.05, 4.69) is 11.9 Å². The molecular formula is C25H28N4O5. The first-order valence-corrected chi connectivity index (χ1v) is 11.1. The van der Waals surface area contributed by atoms with Crippen LogP contribution >= 0.6 is 0 Å². The molecular weight excluding hydrogens is 436 g/mol. The highest BCUT2D eigenvalue weighted by atomic mass is 16.5. The Hall–Kier alpha value is -4.01. The van der Waals surface area contributed by atoms with Gasteiger partial charge in [0.15, 0.2) is 22.7 Å². The fraction of sp³-hybridized carbons (Fsp3) is 0.320. The highest BCUT2D eigenvalue weighted by molar-refractivity contribution is 5.78. The van der Waals surface area contributed by atoms with Crippen molar-refractivity contribution in [2.24, 2.45) is 0 Å². The van der Waals surface area contributed by atoms with E-state index in [0.29, 0.717) is 46.3 Å². The standard InChI is InChI=1S/C25H28N4O5/c1-5-6-12-28-20-23(29(25(31)27-24(20)30)15-16-10-8-7-9-11-16)26-22(28)17-13-18(32-2)21(34-4)19(14-17)33-3/h7-11,13-14H,5-6,12,15H2,1-4H3,(H,27,30,31). The van der Waals surface area contributed by atoms with Crippen LogP contribution in [0.2, 0.25) is 0 Å². The second-order valence-electron chi connectivity index (χ2n) is 7.86. The van der Waals surface area contributed by atoms with Crippen LogP contribution in [0.5, 0.6) is 17.2 Å². The third kappa shape index (κ3) is 4.16. The fourth-order valence-electron chi connectivity index (χ4n) is 4.05. The topological polar surface area (TPSA) is 100 Å². The van der Waals surface area contributed by atoms with Gasteiger partial charge in [-0.1, -0.05) is 43.7 Å². The van der Waals surface area contributed by atoms with Gasteiger partial charge in [0.05, 0.1) is 27.9 Å². The van der Waals surface area contributed by atoms with Gasteiger partial charge in [0.1, 0.15) is 5.82 Å². The van der Waals surface area contributed by atoms with Gasteiger partial charge in [0.2, 0.25) is 5.75 Å². The molecule has 4 rings (SSSR count). The maximum Gasteiger partial charge on any atom is 0.330 e. The molecule has 0 spiro atoms. The zero-order valence-electron chi connectivity index (χ0n) is 19.8. The van der Waals surface area contributed by atoms with Gasteiger partial charge >= 0.3 is 5.69 Å². The molecule has 2 heterocycles. The highest BCUT2D eigenvalue weighted by Gasteiger charge is 2.22. The van der Waals surface area contributed by atoms with Gasteiger partial charge in [-0.3, -0.25) is 14.3 Å². The molecule has 0 bridgehead atoms. The number of ether oxygens (including phenoxy) is 3. The third-order valence-electron chi connectivity index (χ3n) is 5.73. The lowest BCUT2D eigenvalue weighted by Gasteiger charge is -2.15. The Balaban J connectivity index is 2.01. The molecule has 0 aliphatic rings. The second kappa shape index (κ2) is 9.86. The van der Waals surface area contributed by atoms with Crippen molar-refractivity contribution in [2.45, 2.75) is 32.9 Å². The molecule has 2 aromatic carbocycles. The Labute approximate surface area is 196 Å². The van der Waals surface area contributed by atoms with Gasteiger partial charge in [-0.25, -0.2) is 9.78 Å². The fourth-order valence-corrected chi connectivity index (χ4v) is 4.05. The molecule has 0 unspecified atom stereocenters. The summed E-state index contributed by atoms with van der Waals surface area (Å²) in [7, 11) is 4.63. The zero-order chi connectivity index (χ0) is 24.2. The van der Waals surface area contributed by atoms with Crippen molar-refractivity contribution in [1.29, 1.82) is 0 Å². The van der Waals surface area contributed by atoms with Crippen LogP contribution in [-0.4, -0.2) is 40.4 Å². The summed E-state index contributed by atoms with van der Waals surface area (Å²) in [6.07, 6.45) is 1.76. The molecule has 0 atom stereocenters. The van der Waals surface area contributed by atoms with Crippen LogP contribution in [0.1, 0.15) is 25.3 Å². The summed E-state index contributed by atoms with van der Waals surface area (Å²) in [5.41, 5.74) is 1.32. The normalized spacial score (nSPS) is 11.1. The summed E-state index contributed by atoms with van der Waals surface area (Å²) < 4.78 is 19.8. The monoisotopic (exact) mass is 464 g/mol. The smallest absolute Gasteiger partial charge is 0.330 e. The van der Waals surface area contributed by atoms with E-state index >= 15 is 0 Å². The molecule has 0 radical (unpaired) electrons. The van der Waals surface area contributed by atoms with Crippen molar-refractivity contribution in [3.8, 4) is 28.6 Å². The van der Waals surface area contributed by atoms with Crippen LogP contribution in [0.4, 0.5) is 0 Å². The average molecular weight is 465 g/mol.